The fourth-order valence-electron chi connectivity index (χ4n) is 9.38. The molecule has 8 rings (SSSR count). The number of nitrogens with one attached hydrogen (secondary N) is 2. The summed E-state index contributed by atoms with van der Waals surface area (Å²) in [4.78, 5) is 65.6. The topological polar surface area (TPSA) is 309 Å². The van der Waals surface area contributed by atoms with Gasteiger partial charge in [-0.05, 0) is 77.4 Å². The number of anilines is 2. The van der Waals surface area contributed by atoms with Crippen molar-refractivity contribution in [3.8, 4) is 11.5 Å². The van der Waals surface area contributed by atoms with E-state index in [-0.39, 0.29) is 61.7 Å². The number of nitrogens with zero attached hydrogens (tertiary/aromatic N) is 9. The number of methoxy groups -OCH3 is 1. The highest BCUT2D eigenvalue weighted by molar-refractivity contribution is 6.05. The first kappa shape index (κ1) is 56.1. The summed E-state index contributed by atoms with van der Waals surface area (Å²) < 4.78 is 41.8. The molecule has 3 amide bonds. The summed E-state index contributed by atoms with van der Waals surface area (Å²) in [6.45, 7) is 13.4. The molecule has 0 radical (unpaired) electrons. The number of carbonyl (C=O) groups is 4. The Labute approximate surface area is 443 Å². The van der Waals surface area contributed by atoms with Crippen molar-refractivity contribution in [2.24, 2.45) is 5.73 Å². The zero-order valence-electron chi connectivity index (χ0n) is 44.1. The van der Waals surface area contributed by atoms with Crippen molar-refractivity contribution in [3.05, 3.63) is 82.5 Å². The number of nitrogens with two attached hydrogens (primary N) is 1. The maximum Gasteiger partial charge on any atom is 0.276 e. The summed E-state index contributed by atoms with van der Waals surface area (Å²) in [5.41, 5.74) is 9.87. The molecule has 5 atom stereocenters. The fourth-order valence-corrected chi connectivity index (χ4v) is 9.38. The van der Waals surface area contributed by atoms with Crippen molar-refractivity contribution >= 4 is 57.5 Å². The first-order chi connectivity index (χ1) is 37.1. The second-order valence-electron chi connectivity index (χ2n) is 18.7. The Bertz CT molecular complexity index is 3100. The monoisotopic (exact) mass is 1070 g/mol. The maximum absolute atomic E-state index is 14.0. The molecule has 6 aromatic rings. The Morgan fingerprint density at radius 3 is 1.81 bits per heavy atom. The Balaban J connectivity index is 1.12. The molecule has 0 unspecified atom stereocenters. The van der Waals surface area contributed by atoms with Crippen LogP contribution in [0.15, 0.2) is 48.6 Å². The number of hydrogen-bond donors (Lipinski definition) is 6. The third kappa shape index (κ3) is 12.9. The van der Waals surface area contributed by atoms with Crippen LogP contribution in [0, 0.1) is 13.8 Å². The van der Waals surface area contributed by atoms with Crippen molar-refractivity contribution < 1.29 is 62.9 Å². The van der Waals surface area contributed by atoms with Gasteiger partial charge in [0.05, 0.1) is 62.1 Å². The zero-order chi connectivity index (χ0) is 54.9. The molecule has 25 nitrogen and oxygen atoms in total. The number of aryl methyl sites for hydroxylation is 4. The minimum Gasteiger partial charge on any atom is -0.491 e. The van der Waals surface area contributed by atoms with E-state index in [1.807, 2.05) is 26.0 Å². The molecule has 0 aliphatic carbocycles. The summed E-state index contributed by atoms with van der Waals surface area (Å²) in [6.07, 6.45) is -1.40. The zero-order valence-corrected chi connectivity index (χ0v) is 44.1. The number of ketones is 1. The third-order valence-corrected chi connectivity index (χ3v) is 13.3. The number of morpholine rings is 1. The van der Waals surface area contributed by atoms with E-state index >= 15 is 0 Å². The van der Waals surface area contributed by atoms with E-state index in [1.165, 1.54) is 14.0 Å². The second kappa shape index (κ2) is 25.4. The van der Waals surface area contributed by atoms with E-state index in [0.29, 0.717) is 95.5 Å². The summed E-state index contributed by atoms with van der Waals surface area (Å²) in [5.74, 6) is -0.972. The third-order valence-electron chi connectivity index (χ3n) is 13.3. The van der Waals surface area contributed by atoms with Gasteiger partial charge < -0.3 is 58.6 Å². The molecule has 414 valence electrons. The molecule has 25 heteroatoms. The average Bonchev–Trinajstić information content (AvgIpc) is 4.21. The maximum atomic E-state index is 14.0. The van der Waals surface area contributed by atoms with Crippen LogP contribution in [-0.4, -0.2) is 179 Å². The van der Waals surface area contributed by atoms with Gasteiger partial charge in [-0.25, -0.2) is 9.97 Å². The molecule has 0 bridgehead atoms. The molecule has 2 saturated heterocycles. The van der Waals surface area contributed by atoms with Gasteiger partial charge in [0.15, 0.2) is 12.1 Å². The molecule has 2 aliphatic heterocycles. The standard InChI is InChI=1S/C52H68N12O13/c1-7-63-37(23-30(3)58-63)48(70)56-51-54-35-25-33(32(5)66)27-39(75-19-12-20-76-46-45(68)44(67)41(29-65)77-50(46)72-6)42(35)61(51)14-9-10-15-62-43-36(55-52(62)57-49(71)38-24-31(4)59-64(38)8-2)26-34(47(53)69)28-40(43)74-18-11-13-60-16-21-73-22-17-60/h9-10,23-28,41,44-46,50,65,67-68H,7-8,11-22,29H2,1-6H3,(H2,53,69)(H,54,56,70)(H,55,57,71)/b10-9+/t41-,44-,45+,46-,50+/m1/s1. The van der Waals surface area contributed by atoms with Gasteiger partial charge in [-0.2, -0.15) is 10.2 Å². The Hall–Kier alpha value is -7.10. The number of rotatable bonds is 25. The molecule has 2 fully saturated rings. The summed E-state index contributed by atoms with van der Waals surface area (Å²) in [6, 6.07) is 9.70. The molecule has 0 spiro atoms. The Morgan fingerprint density at radius 1 is 0.766 bits per heavy atom. The number of aliphatic hydroxyl groups excluding tert-OH is 3. The van der Waals surface area contributed by atoms with Crippen molar-refractivity contribution in [2.75, 3.05) is 77.0 Å². The second-order valence-corrected chi connectivity index (χ2v) is 18.7. The number of hydrogen-bond acceptors (Lipinski definition) is 18. The predicted octanol–water partition coefficient (Wildman–Crippen LogP) is 2.84. The van der Waals surface area contributed by atoms with Gasteiger partial charge in [0.1, 0.15) is 58.3 Å². The van der Waals surface area contributed by atoms with E-state index < -0.39 is 55.0 Å². The molecular weight excluding hydrogens is 1000 g/mol. The highest BCUT2D eigenvalue weighted by atomic mass is 16.7. The minimum absolute atomic E-state index is 0.0309. The number of benzene rings is 2. The molecule has 2 aliphatic rings. The first-order valence-electron chi connectivity index (χ1n) is 25.7. The van der Waals surface area contributed by atoms with E-state index in [9.17, 15) is 34.5 Å². The molecule has 2 aromatic carbocycles. The van der Waals surface area contributed by atoms with Crippen LogP contribution in [0.2, 0.25) is 0 Å². The number of fused-ring (bicyclic) bond motifs is 2. The van der Waals surface area contributed by atoms with Crippen LogP contribution in [0.25, 0.3) is 22.1 Å². The van der Waals surface area contributed by atoms with Crippen molar-refractivity contribution in [1.29, 1.82) is 0 Å². The van der Waals surface area contributed by atoms with Crippen LogP contribution in [0.1, 0.15) is 86.7 Å². The smallest absolute Gasteiger partial charge is 0.276 e. The van der Waals surface area contributed by atoms with Crippen LogP contribution >= 0.6 is 0 Å². The van der Waals surface area contributed by atoms with E-state index in [0.717, 1.165) is 19.6 Å². The fraction of sp³-hybridized carbons (Fsp3) is 0.500. The van der Waals surface area contributed by atoms with Gasteiger partial charge in [0.25, 0.3) is 11.8 Å². The number of Topliss-reactive ketones (excluding diaryl/α,β-unsaturated/α-hetero) is 1. The van der Waals surface area contributed by atoms with Crippen LogP contribution in [0.3, 0.4) is 0 Å². The molecule has 77 heavy (non-hydrogen) atoms. The van der Waals surface area contributed by atoms with Gasteiger partial charge in [-0.3, -0.25) is 44.1 Å². The number of primary amides is 1. The molecular formula is C52H68N12O13. The van der Waals surface area contributed by atoms with E-state index in [4.69, 9.17) is 44.1 Å². The highest BCUT2D eigenvalue weighted by Crippen LogP contribution is 2.34. The Kier molecular flexibility index (Phi) is 18.5. The number of carbonyl (C=O) groups excluding carboxylic acids is 4. The molecule has 0 saturated carbocycles. The lowest BCUT2D eigenvalue weighted by Gasteiger charge is -2.41. The lowest BCUT2D eigenvalue weighted by Crippen LogP contribution is -2.59. The van der Waals surface area contributed by atoms with Crippen LogP contribution in [-0.2, 0) is 45.1 Å². The number of amides is 3. The normalized spacial score (nSPS) is 19.1. The molecule has 6 heterocycles. The van der Waals surface area contributed by atoms with Crippen LogP contribution < -0.4 is 25.8 Å². The van der Waals surface area contributed by atoms with Crippen LogP contribution in [0.5, 0.6) is 11.5 Å². The summed E-state index contributed by atoms with van der Waals surface area (Å²) >= 11 is 0. The van der Waals surface area contributed by atoms with Crippen molar-refractivity contribution in [1.82, 2.24) is 43.6 Å². The summed E-state index contributed by atoms with van der Waals surface area (Å²) in [7, 11) is 1.36. The lowest BCUT2D eigenvalue weighted by molar-refractivity contribution is -0.303. The SMILES string of the molecule is CCn1nc(C)cc1C(=O)Nc1nc2cc(C(C)=O)cc(OCCCO[C@H]3[C@@H](OC)O[C@H](CO)[C@@H](O)[C@@H]3O)c2n1C/C=C/Cn1c(NC(=O)c2cc(C)nn2CC)nc2cc(C(N)=O)cc(OCCCN3CCOCC3)c21. The number of allylic oxidation sites excluding steroid dienone is 2. The molecule has 7 N–H and O–H groups in total. The number of ether oxygens (including phenoxy) is 6. The van der Waals surface area contributed by atoms with Gasteiger partial charge in [-0.1, -0.05) is 12.2 Å². The van der Waals surface area contributed by atoms with Crippen LogP contribution in [0.4, 0.5) is 11.9 Å². The largest absolute Gasteiger partial charge is 0.491 e. The average molecular weight is 1070 g/mol. The number of imidazole rings is 2. The van der Waals surface area contributed by atoms with Gasteiger partial charge in [0.2, 0.25) is 17.8 Å². The van der Waals surface area contributed by atoms with E-state index in [1.54, 1.807) is 68.7 Å². The van der Waals surface area contributed by atoms with Crippen molar-refractivity contribution in [2.45, 2.75) is 104 Å². The van der Waals surface area contributed by atoms with Gasteiger partial charge >= 0.3 is 0 Å². The minimum atomic E-state index is -1.41. The van der Waals surface area contributed by atoms with Gasteiger partial charge in [-0.15, -0.1) is 0 Å². The first-order valence-corrected chi connectivity index (χ1v) is 25.7. The van der Waals surface area contributed by atoms with Gasteiger partial charge in [0, 0.05) is 70.5 Å². The molecule has 4 aromatic heterocycles. The number of aromatic nitrogens is 8. The van der Waals surface area contributed by atoms with Crippen molar-refractivity contribution in [3.63, 3.8) is 0 Å². The predicted molar refractivity (Wildman–Crippen MR) is 280 cm³/mol. The quantitative estimate of drug-likeness (QED) is 0.0273. The number of aliphatic hydroxyl groups is 3. The highest BCUT2D eigenvalue weighted by Gasteiger charge is 2.45. The Morgan fingerprint density at radius 2 is 1.30 bits per heavy atom. The summed E-state index contributed by atoms with van der Waals surface area (Å²) in [5, 5.41) is 45.7. The lowest BCUT2D eigenvalue weighted by atomic mass is 9.99. The van der Waals surface area contributed by atoms with E-state index in [2.05, 4.69) is 25.7 Å².